The Kier molecular flexibility index (Phi) is 7.45. The molecular formula is C28H31N3O3S. The van der Waals surface area contributed by atoms with Gasteiger partial charge in [0.15, 0.2) is 5.17 Å². The topological polar surface area (TPSA) is 71.0 Å². The van der Waals surface area contributed by atoms with E-state index in [-0.39, 0.29) is 24.4 Å². The number of thioether (sulfide) groups is 1. The number of aryl methyl sites for hydroxylation is 2. The van der Waals surface area contributed by atoms with Gasteiger partial charge in [-0.25, -0.2) is 9.79 Å². The largest absolute Gasteiger partial charge is 0.459 e. The number of nitrogens with zero attached hydrogens (tertiary/aromatic N) is 2. The van der Waals surface area contributed by atoms with Crippen molar-refractivity contribution in [2.75, 3.05) is 0 Å². The molecule has 0 unspecified atom stereocenters. The van der Waals surface area contributed by atoms with E-state index in [0.29, 0.717) is 17.8 Å². The van der Waals surface area contributed by atoms with E-state index >= 15 is 0 Å². The third kappa shape index (κ3) is 5.51. The fourth-order valence-corrected chi connectivity index (χ4v) is 5.24. The molecule has 0 spiro atoms. The summed E-state index contributed by atoms with van der Waals surface area (Å²) >= 11 is 1.48. The summed E-state index contributed by atoms with van der Waals surface area (Å²) in [6, 6.07) is 15.6. The average Bonchev–Trinajstić information content (AvgIpc) is 3.20. The first kappa shape index (κ1) is 24.8. The zero-order chi connectivity index (χ0) is 25.1. The molecule has 2 aliphatic heterocycles. The van der Waals surface area contributed by atoms with Crippen LogP contribution in [-0.4, -0.2) is 28.0 Å². The van der Waals surface area contributed by atoms with Crippen molar-refractivity contribution < 1.29 is 14.3 Å². The zero-order valence-electron chi connectivity index (χ0n) is 20.8. The van der Waals surface area contributed by atoms with Gasteiger partial charge in [-0.05, 0) is 56.7 Å². The summed E-state index contributed by atoms with van der Waals surface area (Å²) in [6.45, 7) is 10.1. The van der Waals surface area contributed by atoms with Gasteiger partial charge < -0.3 is 15.0 Å². The minimum absolute atomic E-state index is 0.0840. The molecule has 2 aromatic rings. The average molecular weight is 490 g/mol. The third-order valence-corrected chi connectivity index (χ3v) is 6.86. The summed E-state index contributed by atoms with van der Waals surface area (Å²) in [5.74, 6) is -0.463. The number of esters is 1. The number of ether oxygens (including phenoxy) is 1. The van der Waals surface area contributed by atoms with Crippen molar-refractivity contribution in [2.45, 2.75) is 59.7 Å². The number of fused-ring (bicyclic) bond motifs is 1. The normalized spacial score (nSPS) is 17.2. The van der Waals surface area contributed by atoms with Crippen LogP contribution in [0.3, 0.4) is 0 Å². The summed E-state index contributed by atoms with van der Waals surface area (Å²) in [5, 5.41) is 5.73. The molecule has 2 aromatic carbocycles. The molecule has 1 N–H and O–H groups in total. The van der Waals surface area contributed by atoms with Crippen molar-refractivity contribution in [3.63, 3.8) is 0 Å². The monoisotopic (exact) mass is 489 g/mol. The standard InChI is InChI=1S/C28H31N3O3S/c1-17(2)34-27(33)25-20(5)30-28-31(26(25)23-13-18(3)11-12-19(23)4)22(16-35-28)14-24(32)29-15-21-9-7-6-8-10-21/h6-13,16-17,26H,14-15H2,1-5H3,(H,29,32)/t26-/m1/s1. The van der Waals surface area contributed by atoms with Crippen LogP contribution < -0.4 is 5.32 Å². The summed E-state index contributed by atoms with van der Waals surface area (Å²) in [5.41, 5.74) is 6.17. The number of hydrogen-bond acceptors (Lipinski definition) is 6. The summed E-state index contributed by atoms with van der Waals surface area (Å²) in [7, 11) is 0. The summed E-state index contributed by atoms with van der Waals surface area (Å²) in [4.78, 5) is 33.0. The first-order valence-electron chi connectivity index (χ1n) is 11.8. The van der Waals surface area contributed by atoms with Crippen LogP contribution in [0.4, 0.5) is 0 Å². The number of rotatable bonds is 7. The number of aliphatic imine (C=N–C) groups is 1. The lowest BCUT2D eigenvalue weighted by Crippen LogP contribution is -2.38. The lowest BCUT2D eigenvalue weighted by atomic mass is 9.90. The molecule has 0 bridgehead atoms. The van der Waals surface area contributed by atoms with Crippen LogP contribution in [0.2, 0.25) is 0 Å². The minimum Gasteiger partial charge on any atom is -0.459 e. The van der Waals surface area contributed by atoms with Crippen LogP contribution in [0.1, 0.15) is 55.5 Å². The van der Waals surface area contributed by atoms with E-state index in [1.165, 1.54) is 11.8 Å². The van der Waals surface area contributed by atoms with Crippen molar-refractivity contribution >= 4 is 28.8 Å². The molecular weight excluding hydrogens is 458 g/mol. The highest BCUT2D eigenvalue weighted by atomic mass is 32.2. The highest BCUT2D eigenvalue weighted by Crippen LogP contribution is 2.45. The van der Waals surface area contributed by atoms with Gasteiger partial charge in [-0.15, -0.1) is 0 Å². The van der Waals surface area contributed by atoms with Gasteiger partial charge in [0, 0.05) is 12.2 Å². The van der Waals surface area contributed by atoms with Gasteiger partial charge >= 0.3 is 5.97 Å². The minimum atomic E-state index is -0.420. The molecule has 0 saturated carbocycles. The number of hydrogen-bond donors (Lipinski definition) is 1. The Hall–Kier alpha value is -3.32. The predicted octanol–water partition coefficient (Wildman–Crippen LogP) is 5.54. The molecule has 0 radical (unpaired) electrons. The van der Waals surface area contributed by atoms with Crippen molar-refractivity contribution in [2.24, 2.45) is 4.99 Å². The highest BCUT2D eigenvalue weighted by Gasteiger charge is 2.41. The Morgan fingerprint density at radius 3 is 2.57 bits per heavy atom. The quantitative estimate of drug-likeness (QED) is 0.518. The number of allylic oxidation sites excluding steroid dienone is 1. The van der Waals surface area contributed by atoms with Gasteiger partial charge in [-0.1, -0.05) is 65.9 Å². The predicted molar refractivity (Wildman–Crippen MR) is 140 cm³/mol. The second kappa shape index (κ2) is 10.5. The van der Waals surface area contributed by atoms with Gasteiger partial charge in [0.1, 0.15) is 0 Å². The second-order valence-electron chi connectivity index (χ2n) is 9.15. The van der Waals surface area contributed by atoms with E-state index in [1.54, 1.807) is 0 Å². The van der Waals surface area contributed by atoms with Crippen LogP contribution in [0.25, 0.3) is 0 Å². The smallest absolute Gasteiger partial charge is 0.338 e. The number of nitrogens with one attached hydrogen (secondary N) is 1. The van der Waals surface area contributed by atoms with Gasteiger partial charge in [0.25, 0.3) is 0 Å². The first-order chi connectivity index (χ1) is 16.7. The molecule has 1 amide bonds. The van der Waals surface area contributed by atoms with E-state index in [4.69, 9.17) is 9.73 Å². The maximum atomic E-state index is 13.3. The van der Waals surface area contributed by atoms with Crippen molar-refractivity contribution in [1.29, 1.82) is 0 Å². The fraction of sp³-hybridized carbons (Fsp3) is 0.321. The molecule has 0 aliphatic carbocycles. The highest BCUT2D eigenvalue weighted by molar-refractivity contribution is 8.16. The van der Waals surface area contributed by atoms with E-state index in [0.717, 1.165) is 33.1 Å². The van der Waals surface area contributed by atoms with Crippen LogP contribution in [0, 0.1) is 13.8 Å². The molecule has 4 rings (SSSR count). The van der Waals surface area contributed by atoms with Crippen LogP contribution in [-0.2, 0) is 20.9 Å². The van der Waals surface area contributed by atoms with Gasteiger partial charge in [0.2, 0.25) is 5.91 Å². The number of carbonyl (C=O) groups excluding carboxylic acids is 2. The van der Waals surface area contributed by atoms with E-state index in [9.17, 15) is 9.59 Å². The number of carbonyl (C=O) groups is 2. The lowest BCUT2D eigenvalue weighted by molar-refractivity contribution is -0.143. The summed E-state index contributed by atoms with van der Waals surface area (Å²) in [6.07, 6.45) is -0.0645. The lowest BCUT2D eigenvalue weighted by Gasteiger charge is -2.37. The van der Waals surface area contributed by atoms with Crippen molar-refractivity contribution in [3.05, 3.63) is 93.2 Å². The van der Waals surface area contributed by atoms with Crippen LogP contribution in [0.15, 0.2) is 75.9 Å². The first-order valence-corrected chi connectivity index (χ1v) is 12.7. The maximum Gasteiger partial charge on any atom is 0.338 e. The van der Waals surface area contributed by atoms with E-state index in [1.807, 2.05) is 75.3 Å². The van der Waals surface area contributed by atoms with Crippen LogP contribution in [0.5, 0.6) is 0 Å². The molecule has 0 aromatic heterocycles. The number of amides is 1. The SMILES string of the molecule is CC1=C(C(=O)OC(C)C)[C@@H](c2cc(C)ccc2C)N2C(CC(=O)NCc3ccccc3)=CSC2=N1. The Bertz CT molecular complexity index is 1230. The molecule has 6 nitrogen and oxygen atoms in total. The molecule has 0 fully saturated rings. The molecule has 2 heterocycles. The number of benzene rings is 2. The molecule has 1 atom stereocenters. The van der Waals surface area contributed by atoms with E-state index < -0.39 is 6.04 Å². The van der Waals surface area contributed by atoms with Gasteiger partial charge in [0.05, 0.1) is 29.8 Å². The molecule has 0 saturated heterocycles. The number of amidine groups is 1. The van der Waals surface area contributed by atoms with Gasteiger partial charge in [-0.3, -0.25) is 4.79 Å². The molecule has 7 heteroatoms. The zero-order valence-corrected chi connectivity index (χ0v) is 21.6. The molecule has 2 aliphatic rings. The third-order valence-electron chi connectivity index (χ3n) is 5.97. The van der Waals surface area contributed by atoms with Crippen LogP contribution >= 0.6 is 11.8 Å². The van der Waals surface area contributed by atoms with Gasteiger partial charge in [-0.2, -0.15) is 0 Å². The van der Waals surface area contributed by atoms with E-state index in [2.05, 4.69) is 23.5 Å². The fourth-order valence-electron chi connectivity index (χ4n) is 4.28. The summed E-state index contributed by atoms with van der Waals surface area (Å²) < 4.78 is 5.64. The van der Waals surface area contributed by atoms with Crippen molar-refractivity contribution in [1.82, 2.24) is 10.2 Å². The molecule has 35 heavy (non-hydrogen) atoms. The second-order valence-corrected chi connectivity index (χ2v) is 9.98. The maximum absolute atomic E-state index is 13.3. The Balaban J connectivity index is 1.66. The Morgan fingerprint density at radius 1 is 1.11 bits per heavy atom. The molecule has 182 valence electrons. The Labute approximate surface area is 211 Å². The van der Waals surface area contributed by atoms with Crippen molar-refractivity contribution in [3.8, 4) is 0 Å². The Morgan fingerprint density at radius 2 is 1.86 bits per heavy atom.